The third-order valence-corrected chi connectivity index (χ3v) is 5.73. The average Bonchev–Trinajstić information content (AvgIpc) is 2.56. The van der Waals surface area contributed by atoms with Crippen LogP contribution in [0.5, 0.6) is 0 Å². The van der Waals surface area contributed by atoms with E-state index in [0.29, 0.717) is 0 Å². The number of anilines is 1. The molecule has 1 aromatic rings. The van der Waals surface area contributed by atoms with E-state index in [1.165, 1.54) is 0 Å². The summed E-state index contributed by atoms with van der Waals surface area (Å²) in [5, 5.41) is 3.24. The maximum atomic E-state index is 13.2. The lowest BCUT2D eigenvalue weighted by atomic mass is 9.65. The van der Waals surface area contributed by atoms with Crippen LogP contribution in [0, 0.1) is 19.3 Å². The molecule has 0 radical (unpaired) electrons. The molecule has 132 valence electrons. The summed E-state index contributed by atoms with van der Waals surface area (Å²) in [4.78, 5) is 15.5. The number of rotatable bonds is 5. The Kier molecular flexibility index (Phi) is 5.26. The lowest BCUT2D eigenvalue weighted by Gasteiger charge is -2.58. The van der Waals surface area contributed by atoms with Crippen LogP contribution in [0.1, 0.15) is 43.7 Å². The average molecular weight is 330 g/mol. The molecule has 2 saturated heterocycles. The highest BCUT2D eigenvalue weighted by atomic mass is 16.5. The van der Waals surface area contributed by atoms with Gasteiger partial charge in [-0.05, 0) is 50.8 Å². The predicted molar refractivity (Wildman–Crippen MR) is 97.3 cm³/mol. The first-order valence-electron chi connectivity index (χ1n) is 9.26. The smallest absolute Gasteiger partial charge is 0.242 e. The zero-order valence-corrected chi connectivity index (χ0v) is 15.2. The lowest BCUT2D eigenvalue weighted by molar-refractivity contribution is -0.157. The van der Waals surface area contributed by atoms with Crippen molar-refractivity contribution in [3.05, 3.63) is 29.3 Å². The number of para-hydroxylation sites is 1. The van der Waals surface area contributed by atoms with E-state index < -0.39 is 0 Å². The maximum absolute atomic E-state index is 13.2. The number of hydrogen-bond acceptors (Lipinski definition) is 3. The first kappa shape index (κ1) is 17.4. The molecule has 1 aromatic carbocycles. The van der Waals surface area contributed by atoms with Crippen molar-refractivity contribution in [1.29, 1.82) is 0 Å². The summed E-state index contributed by atoms with van der Waals surface area (Å²) in [6, 6.07) is 6.15. The van der Waals surface area contributed by atoms with E-state index in [4.69, 9.17) is 4.74 Å². The van der Waals surface area contributed by atoms with Gasteiger partial charge in [0, 0.05) is 30.9 Å². The van der Waals surface area contributed by atoms with Gasteiger partial charge in [-0.15, -0.1) is 0 Å². The molecule has 1 atom stereocenters. The predicted octanol–water partition coefficient (Wildman–Crippen LogP) is 3.52. The van der Waals surface area contributed by atoms with Gasteiger partial charge in [-0.1, -0.05) is 31.5 Å². The van der Waals surface area contributed by atoms with Gasteiger partial charge in [0.1, 0.15) is 0 Å². The van der Waals surface area contributed by atoms with Gasteiger partial charge in [0.2, 0.25) is 5.91 Å². The molecule has 0 bridgehead atoms. The number of benzene rings is 1. The highest BCUT2D eigenvalue weighted by Gasteiger charge is 2.55. The Bertz CT molecular complexity index is 573. The first-order valence-corrected chi connectivity index (χ1v) is 9.26. The number of ether oxygens (including phenoxy) is 1. The number of nitrogens with zero attached hydrogens (tertiary/aromatic N) is 1. The van der Waals surface area contributed by atoms with Crippen molar-refractivity contribution >= 4 is 11.6 Å². The highest BCUT2D eigenvalue weighted by molar-refractivity contribution is 5.97. The zero-order chi connectivity index (χ0) is 17.2. The van der Waals surface area contributed by atoms with Crippen molar-refractivity contribution in [1.82, 2.24) is 4.90 Å². The van der Waals surface area contributed by atoms with Gasteiger partial charge in [-0.2, -0.15) is 0 Å². The fourth-order valence-electron chi connectivity index (χ4n) is 4.28. The Morgan fingerprint density at radius 1 is 1.29 bits per heavy atom. The number of hydrogen-bond donors (Lipinski definition) is 1. The maximum Gasteiger partial charge on any atom is 0.242 e. The van der Waals surface area contributed by atoms with Crippen molar-refractivity contribution in [2.45, 2.75) is 52.5 Å². The molecule has 3 rings (SSSR count). The second-order valence-electron chi connectivity index (χ2n) is 7.46. The number of carbonyl (C=O) groups excluding carboxylic acids is 1. The molecule has 2 aliphatic rings. The van der Waals surface area contributed by atoms with Crippen molar-refractivity contribution < 1.29 is 9.53 Å². The molecule has 1 N–H and O–H groups in total. The van der Waals surface area contributed by atoms with Crippen LogP contribution < -0.4 is 5.32 Å². The summed E-state index contributed by atoms with van der Waals surface area (Å²) in [5.74, 6) is 0.164. The van der Waals surface area contributed by atoms with Crippen LogP contribution in [-0.4, -0.2) is 43.2 Å². The summed E-state index contributed by atoms with van der Waals surface area (Å²) < 4.78 is 5.55. The van der Waals surface area contributed by atoms with Crippen LogP contribution in [0.15, 0.2) is 18.2 Å². The number of unbranched alkanes of at least 4 members (excludes halogenated alkanes) is 1. The number of amides is 1. The number of likely N-dealkylation sites (tertiary alicyclic amines) is 1. The minimum Gasteiger partial charge on any atom is -0.381 e. The van der Waals surface area contributed by atoms with E-state index >= 15 is 0 Å². The van der Waals surface area contributed by atoms with Gasteiger partial charge < -0.3 is 10.1 Å². The molecule has 4 nitrogen and oxygen atoms in total. The molecule has 1 unspecified atom stereocenters. The molecule has 1 spiro atoms. The van der Waals surface area contributed by atoms with E-state index in [0.717, 1.165) is 68.8 Å². The van der Waals surface area contributed by atoms with Crippen LogP contribution >= 0.6 is 0 Å². The second kappa shape index (κ2) is 7.24. The van der Waals surface area contributed by atoms with Crippen LogP contribution in [0.25, 0.3) is 0 Å². The quantitative estimate of drug-likeness (QED) is 0.898. The Morgan fingerprint density at radius 3 is 2.58 bits per heavy atom. The minimum atomic E-state index is -0.00745. The van der Waals surface area contributed by atoms with E-state index in [-0.39, 0.29) is 17.4 Å². The summed E-state index contributed by atoms with van der Waals surface area (Å²) in [6.07, 6.45) is 4.32. The zero-order valence-electron chi connectivity index (χ0n) is 15.2. The molecular formula is C20H30N2O2. The van der Waals surface area contributed by atoms with Crippen molar-refractivity contribution in [2.24, 2.45) is 5.41 Å². The molecule has 0 saturated carbocycles. The molecule has 0 aromatic heterocycles. The fourth-order valence-corrected chi connectivity index (χ4v) is 4.28. The Hall–Kier alpha value is -1.39. The van der Waals surface area contributed by atoms with E-state index in [1.807, 2.05) is 6.07 Å². The number of aryl methyl sites for hydroxylation is 2. The molecule has 0 aliphatic carbocycles. The number of carbonyl (C=O) groups is 1. The Morgan fingerprint density at radius 2 is 1.96 bits per heavy atom. The van der Waals surface area contributed by atoms with Crippen LogP contribution in [0.2, 0.25) is 0 Å². The Balaban J connectivity index is 1.78. The standard InChI is InChI=1S/C20H30N2O2/c1-4-5-11-22-14-20(9-12-24-13-10-20)18(22)19(23)21-17-15(2)7-6-8-16(17)3/h6-8,18H,4-5,9-14H2,1-3H3,(H,21,23). The summed E-state index contributed by atoms with van der Waals surface area (Å²) in [5.41, 5.74) is 3.35. The third kappa shape index (κ3) is 3.22. The van der Waals surface area contributed by atoms with Crippen LogP contribution in [0.3, 0.4) is 0 Å². The molecule has 24 heavy (non-hydrogen) atoms. The summed E-state index contributed by atoms with van der Waals surface area (Å²) in [7, 11) is 0. The van der Waals surface area contributed by atoms with Crippen molar-refractivity contribution in [2.75, 3.05) is 31.6 Å². The summed E-state index contributed by atoms with van der Waals surface area (Å²) in [6.45, 7) is 9.95. The normalized spacial score (nSPS) is 23.0. The molecule has 2 fully saturated rings. The van der Waals surface area contributed by atoms with Gasteiger partial charge in [-0.25, -0.2) is 0 Å². The third-order valence-electron chi connectivity index (χ3n) is 5.73. The fraction of sp³-hybridized carbons (Fsp3) is 0.650. The van der Waals surface area contributed by atoms with Crippen molar-refractivity contribution in [3.63, 3.8) is 0 Å². The van der Waals surface area contributed by atoms with Gasteiger partial charge in [0.05, 0.1) is 6.04 Å². The van der Waals surface area contributed by atoms with E-state index in [9.17, 15) is 4.79 Å². The van der Waals surface area contributed by atoms with Gasteiger partial charge in [-0.3, -0.25) is 9.69 Å². The Labute approximate surface area is 145 Å². The second-order valence-corrected chi connectivity index (χ2v) is 7.46. The largest absolute Gasteiger partial charge is 0.381 e. The van der Waals surface area contributed by atoms with Gasteiger partial charge in [0.15, 0.2) is 0 Å². The molecule has 1 amide bonds. The first-order chi connectivity index (χ1) is 11.6. The SMILES string of the molecule is CCCCN1CC2(CCOCC2)C1C(=O)Nc1c(C)cccc1C. The van der Waals surface area contributed by atoms with E-state index in [2.05, 4.69) is 43.1 Å². The topological polar surface area (TPSA) is 41.6 Å². The number of nitrogens with one attached hydrogen (secondary N) is 1. The molecule has 2 heterocycles. The van der Waals surface area contributed by atoms with Crippen LogP contribution in [0.4, 0.5) is 5.69 Å². The van der Waals surface area contributed by atoms with Crippen LogP contribution in [-0.2, 0) is 9.53 Å². The monoisotopic (exact) mass is 330 g/mol. The highest BCUT2D eigenvalue weighted by Crippen LogP contribution is 2.46. The molecule has 2 aliphatic heterocycles. The van der Waals surface area contributed by atoms with E-state index in [1.54, 1.807) is 0 Å². The van der Waals surface area contributed by atoms with Gasteiger partial charge >= 0.3 is 0 Å². The summed E-state index contributed by atoms with van der Waals surface area (Å²) >= 11 is 0. The van der Waals surface area contributed by atoms with Gasteiger partial charge in [0.25, 0.3) is 0 Å². The minimum absolute atomic E-state index is 0.00745. The molecule has 4 heteroatoms. The molecular weight excluding hydrogens is 300 g/mol. The lowest BCUT2D eigenvalue weighted by Crippen LogP contribution is -2.70. The van der Waals surface area contributed by atoms with Crippen molar-refractivity contribution in [3.8, 4) is 0 Å².